The predicted octanol–water partition coefficient (Wildman–Crippen LogP) is 2.42. The molecule has 0 amide bonds. The SMILES string of the molecule is CCNC(CCc1ccsc1)CC1OCCO1. The van der Waals surface area contributed by atoms with Crippen LogP contribution in [-0.4, -0.2) is 32.1 Å². The van der Waals surface area contributed by atoms with Crippen molar-refractivity contribution in [3.63, 3.8) is 0 Å². The highest BCUT2D eigenvalue weighted by molar-refractivity contribution is 7.07. The second kappa shape index (κ2) is 7.11. The Balaban J connectivity index is 1.75. The Kier molecular flexibility index (Phi) is 5.45. The third kappa shape index (κ3) is 4.39. The van der Waals surface area contributed by atoms with Gasteiger partial charge in [0, 0.05) is 12.5 Å². The minimum atomic E-state index is 0.00141. The van der Waals surface area contributed by atoms with Gasteiger partial charge < -0.3 is 14.8 Å². The summed E-state index contributed by atoms with van der Waals surface area (Å²) in [6, 6.07) is 2.69. The lowest BCUT2D eigenvalue weighted by Gasteiger charge is -2.20. The van der Waals surface area contributed by atoms with Gasteiger partial charge in [0.1, 0.15) is 0 Å². The van der Waals surface area contributed by atoms with E-state index in [1.807, 2.05) is 0 Å². The largest absolute Gasteiger partial charge is 0.350 e. The molecule has 0 aromatic carbocycles. The van der Waals surface area contributed by atoms with Crippen LogP contribution in [0.5, 0.6) is 0 Å². The standard InChI is InChI=1S/C13H21NO2S/c1-2-14-12(9-13-15-6-7-16-13)4-3-11-5-8-17-10-11/h5,8,10,12-14H,2-4,6-7,9H2,1H3. The van der Waals surface area contributed by atoms with Crippen LogP contribution in [0.2, 0.25) is 0 Å². The van der Waals surface area contributed by atoms with E-state index in [0.717, 1.165) is 39.0 Å². The van der Waals surface area contributed by atoms with Gasteiger partial charge in [0.15, 0.2) is 6.29 Å². The lowest BCUT2D eigenvalue weighted by molar-refractivity contribution is -0.0530. The molecule has 1 aliphatic rings. The van der Waals surface area contributed by atoms with Gasteiger partial charge in [-0.05, 0) is 41.8 Å². The van der Waals surface area contributed by atoms with Gasteiger partial charge in [0.05, 0.1) is 13.2 Å². The molecule has 17 heavy (non-hydrogen) atoms. The molecule has 1 saturated heterocycles. The average molecular weight is 255 g/mol. The van der Waals surface area contributed by atoms with Gasteiger partial charge >= 0.3 is 0 Å². The zero-order valence-corrected chi connectivity index (χ0v) is 11.2. The van der Waals surface area contributed by atoms with Gasteiger partial charge in [0.25, 0.3) is 0 Å². The van der Waals surface area contributed by atoms with Crippen molar-refractivity contribution < 1.29 is 9.47 Å². The Morgan fingerprint density at radius 2 is 2.29 bits per heavy atom. The molecule has 0 bridgehead atoms. The summed E-state index contributed by atoms with van der Waals surface area (Å²) in [6.45, 7) is 4.64. The summed E-state index contributed by atoms with van der Waals surface area (Å²) < 4.78 is 11.0. The molecule has 1 aliphatic heterocycles. The smallest absolute Gasteiger partial charge is 0.159 e. The number of thiophene rings is 1. The van der Waals surface area contributed by atoms with Crippen LogP contribution in [0.15, 0.2) is 16.8 Å². The fourth-order valence-corrected chi connectivity index (χ4v) is 2.85. The Morgan fingerprint density at radius 1 is 1.47 bits per heavy atom. The molecule has 0 spiro atoms. The minimum absolute atomic E-state index is 0.00141. The van der Waals surface area contributed by atoms with Crippen LogP contribution in [0.4, 0.5) is 0 Å². The van der Waals surface area contributed by atoms with Gasteiger partial charge in [-0.15, -0.1) is 0 Å². The number of aryl methyl sites for hydroxylation is 1. The monoisotopic (exact) mass is 255 g/mol. The van der Waals surface area contributed by atoms with Crippen LogP contribution in [0.25, 0.3) is 0 Å². The molecule has 1 fully saturated rings. The summed E-state index contributed by atoms with van der Waals surface area (Å²) in [5.74, 6) is 0. The minimum Gasteiger partial charge on any atom is -0.350 e. The second-order valence-corrected chi connectivity index (χ2v) is 5.11. The molecule has 0 aliphatic carbocycles. The Hall–Kier alpha value is -0.420. The highest BCUT2D eigenvalue weighted by atomic mass is 32.1. The van der Waals surface area contributed by atoms with Crippen LogP contribution in [0.3, 0.4) is 0 Å². The Morgan fingerprint density at radius 3 is 2.94 bits per heavy atom. The number of nitrogens with one attached hydrogen (secondary N) is 1. The molecule has 3 nitrogen and oxygen atoms in total. The summed E-state index contributed by atoms with van der Waals surface area (Å²) in [6.07, 6.45) is 3.24. The van der Waals surface area contributed by atoms with Gasteiger partial charge in [-0.3, -0.25) is 0 Å². The summed E-state index contributed by atoms with van der Waals surface area (Å²) in [7, 11) is 0. The van der Waals surface area contributed by atoms with Crippen molar-refractivity contribution in [2.45, 2.75) is 38.5 Å². The molecule has 4 heteroatoms. The van der Waals surface area contributed by atoms with Gasteiger partial charge in [-0.1, -0.05) is 6.92 Å². The number of rotatable bonds is 7. The van der Waals surface area contributed by atoms with E-state index >= 15 is 0 Å². The van der Waals surface area contributed by atoms with E-state index in [1.54, 1.807) is 11.3 Å². The van der Waals surface area contributed by atoms with Crippen molar-refractivity contribution >= 4 is 11.3 Å². The highest BCUT2D eigenvalue weighted by Crippen LogP contribution is 2.15. The third-order valence-electron chi connectivity index (χ3n) is 3.02. The van der Waals surface area contributed by atoms with E-state index < -0.39 is 0 Å². The molecule has 2 heterocycles. The molecular weight excluding hydrogens is 234 g/mol. The number of hydrogen-bond donors (Lipinski definition) is 1. The van der Waals surface area contributed by atoms with Crippen LogP contribution in [0, 0.1) is 0 Å². The van der Waals surface area contributed by atoms with E-state index in [9.17, 15) is 0 Å². The quantitative estimate of drug-likeness (QED) is 0.811. The zero-order valence-electron chi connectivity index (χ0n) is 10.4. The first-order valence-electron chi connectivity index (χ1n) is 6.36. The maximum atomic E-state index is 5.51. The first kappa shape index (κ1) is 13.0. The van der Waals surface area contributed by atoms with Gasteiger partial charge in [-0.25, -0.2) is 0 Å². The summed E-state index contributed by atoms with van der Waals surface area (Å²) in [4.78, 5) is 0. The fraction of sp³-hybridized carbons (Fsp3) is 0.692. The summed E-state index contributed by atoms with van der Waals surface area (Å²) >= 11 is 1.77. The van der Waals surface area contributed by atoms with Crippen molar-refractivity contribution in [2.24, 2.45) is 0 Å². The normalized spacial score (nSPS) is 18.6. The molecule has 1 aromatic rings. The highest BCUT2D eigenvalue weighted by Gasteiger charge is 2.20. The maximum Gasteiger partial charge on any atom is 0.159 e. The van der Waals surface area contributed by atoms with Crippen LogP contribution in [0.1, 0.15) is 25.3 Å². The molecule has 0 radical (unpaired) electrons. The average Bonchev–Trinajstić information content (AvgIpc) is 2.99. The van der Waals surface area contributed by atoms with Gasteiger partial charge in [0.2, 0.25) is 0 Å². The van der Waals surface area contributed by atoms with Crippen molar-refractivity contribution in [1.82, 2.24) is 5.32 Å². The third-order valence-corrected chi connectivity index (χ3v) is 3.75. The molecule has 1 unspecified atom stereocenters. The number of ether oxygens (including phenoxy) is 2. The summed E-state index contributed by atoms with van der Waals surface area (Å²) in [5, 5.41) is 7.88. The number of hydrogen-bond acceptors (Lipinski definition) is 4. The lowest BCUT2D eigenvalue weighted by atomic mass is 10.0. The topological polar surface area (TPSA) is 30.5 Å². The van der Waals surface area contributed by atoms with Crippen molar-refractivity contribution in [1.29, 1.82) is 0 Å². The predicted molar refractivity (Wildman–Crippen MR) is 70.4 cm³/mol. The first-order valence-corrected chi connectivity index (χ1v) is 7.30. The molecule has 0 saturated carbocycles. The van der Waals surface area contributed by atoms with Crippen molar-refractivity contribution in [3.05, 3.63) is 22.4 Å². The summed E-state index contributed by atoms with van der Waals surface area (Å²) in [5.41, 5.74) is 1.44. The van der Waals surface area contributed by atoms with Crippen molar-refractivity contribution in [3.8, 4) is 0 Å². The van der Waals surface area contributed by atoms with E-state index in [0.29, 0.717) is 6.04 Å². The molecule has 96 valence electrons. The van der Waals surface area contributed by atoms with E-state index in [-0.39, 0.29) is 6.29 Å². The fourth-order valence-electron chi connectivity index (χ4n) is 2.14. The van der Waals surface area contributed by atoms with E-state index in [2.05, 4.69) is 29.1 Å². The molecule has 2 rings (SSSR count). The maximum absolute atomic E-state index is 5.51. The molecular formula is C13H21NO2S. The second-order valence-electron chi connectivity index (χ2n) is 4.33. The Bertz CT molecular complexity index is 296. The zero-order chi connectivity index (χ0) is 11.9. The van der Waals surface area contributed by atoms with E-state index in [4.69, 9.17) is 9.47 Å². The van der Waals surface area contributed by atoms with Crippen LogP contribution < -0.4 is 5.32 Å². The molecule has 1 aromatic heterocycles. The van der Waals surface area contributed by atoms with Crippen LogP contribution >= 0.6 is 11.3 Å². The Labute approximate surface area is 107 Å². The molecule has 1 N–H and O–H groups in total. The van der Waals surface area contributed by atoms with Crippen molar-refractivity contribution in [2.75, 3.05) is 19.8 Å². The lowest BCUT2D eigenvalue weighted by Crippen LogP contribution is -2.33. The first-order chi connectivity index (χ1) is 8.38. The van der Waals surface area contributed by atoms with E-state index in [1.165, 1.54) is 5.56 Å². The van der Waals surface area contributed by atoms with Gasteiger partial charge in [-0.2, -0.15) is 11.3 Å². The molecule has 1 atom stereocenters. The van der Waals surface area contributed by atoms with Crippen LogP contribution in [-0.2, 0) is 15.9 Å².